The predicted octanol–water partition coefficient (Wildman–Crippen LogP) is 3.98. The summed E-state index contributed by atoms with van der Waals surface area (Å²) in [6, 6.07) is 11.2. The van der Waals surface area contributed by atoms with Crippen molar-refractivity contribution in [3.63, 3.8) is 0 Å². The molecule has 0 bridgehead atoms. The highest BCUT2D eigenvalue weighted by molar-refractivity contribution is 7.80. The first-order valence-corrected chi connectivity index (χ1v) is 9.26. The largest absolute Gasteiger partial charge is 0.416 e. The molecule has 0 saturated carbocycles. The lowest BCUT2D eigenvalue weighted by molar-refractivity contribution is -0.137. The van der Waals surface area contributed by atoms with Gasteiger partial charge in [0, 0.05) is 36.6 Å². The molecule has 1 heterocycles. The second kappa shape index (κ2) is 8.26. The molecule has 28 heavy (non-hydrogen) atoms. The maximum Gasteiger partial charge on any atom is 0.416 e. The molecule has 8 heteroatoms. The lowest BCUT2D eigenvalue weighted by Crippen LogP contribution is -2.37. The molecule has 2 amide bonds. The summed E-state index contributed by atoms with van der Waals surface area (Å²) in [7, 11) is 0. The van der Waals surface area contributed by atoms with Crippen LogP contribution in [0.2, 0.25) is 0 Å². The van der Waals surface area contributed by atoms with Gasteiger partial charge in [-0.1, -0.05) is 12.1 Å². The summed E-state index contributed by atoms with van der Waals surface area (Å²) in [4.78, 5) is 29.2. The topological polar surface area (TPSA) is 40.6 Å². The Morgan fingerprint density at radius 2 is 1.39 bits per heavy atom. The number of carbonyl (C=O) groups is 2. The van der Waals surface area contributed by atoms with Gasteiger partial charge in [-0.05, 0) is 42.8 Å². The van der Waals surface area contributed by atoms with Crippen molar-refractivity contribution >= 4 is 24.4 Å². The van der Waals surface area contributed by atoms with Crippen molar-refractivity contribution in [1.29, 1.82) is 0 Å². The first kappa shape index (κ1) is 20.3. The summed E-state index contributed by atoms with van der Waals surface area (Å²) in [6.45, 7) is 1.61. The molecular weight excluding hydrogens is 389 g/mol. The SMILES string of the molecule is O=C(c1ccc(C(F)(F)F)cc1)N1CCCN(C(=O)c2ccccc2S)CC1. The summed E-state index contributed by atoms with van der Waals surface area (Å²) >= 11 is 4.32. The standard InChI is InChI=1S/C20H19F3N2O2S/c21-20(22,23)15-8-6-14(7-9-15)18(26)24-10-3-11-25(13-12-24)19(27)16-4-1-2-5-17(16)28/h1-2,4-9,28H,3,10-13H2. The van der Waals surface area contributed by atoms with Crippen LogP contribution in [0.3, 0.4) is 0 Å². The third kappa shape index (κ3) is 4.49. The summed E-state index contributed by atoms with van der Waals surface area (Å²) in [5, 5.41) is 0. The monoisotopic (exact) mass is 408 g/mol. The van der Waals surface area contributed by atoms with Crippen LogP contribution in [0.5, 0.6) is 0 Å². The fourth-order valence-electron chi connectivity index (χ4n) is 3.13. The van der Waals surface area contributed by atoms with E-state index in [4.69, 9.17) is 0 Å². The Morgan fingerprint density at radius 1 is 0.821 bits per heavy atom. The fourth-order valence-corrected chi connectivity index (χ4v) is 3.39. The van der Waals surface area contributed by atoms with Gasteiger partial charge in [-0.15, -0.1) is 12.6 Å². The molecule has 2 aromatic carbocycles. The number of hydrogen-bond acceptors (Lipinski definition) is 3. The Labute approximate surface area is 166 Å². The van der Waals surface area contributed by atoms with E-state index in [0.29, 0.717) is 43.1 Å². The smallest absolute Gasteiger partial charge is 0.337 e. The van der Waals surface area contributed by atoms with Crippen LogP contribution >= 0.6 is 12.6 Å². The molecule has 1 aliphatic rings. The number of benzene rings is 2. The first-order chi connectivity index (χ1) is 13.3. The van der Waals surface area contributed by atoms with Gasteiger partial charge < -0.3 is 9.80 Å². The van der Waals surface area contributed by atoms with E-state index in [1.165, 1.54) is 12.1 Å². The van der Waals surface area contributed by atoms with Crippen LogP contribution in [-0.2, 0) is 6.18 Å². The Hall–Kier alpha value is -2.48. The molecule has 1 fully saturated rings. The number of thiol groups is 1. The molecule has 148 valence electrons. The number of nitrogens with zero attached hydrogens (tertiary/aromatic N) is 2. The average molecular weight is 408 g/mol. The molecule has 0 radical (unpaired) electrons. The van der Waals surface area contributed by atoms with Gasteiger partial charge in [0.05, 0.1) is 11.1 Å². The molecule has 0 spiro atoms. The minimum atomic E-state index is -4.44. The quantitative estimate of drug-likeness (QED) is 0.764. The Kier molecular flexibility index (Phi) is 5.98. The molecule has 0 atom stereocenters. The van der Waals surface area contributed by atoms with E-state index in [1.54, 1.807) is 34.1 Å². The maximum absolute atomic E-state index is 12.7. The number of alkyl halides is 3. The summed E-state index contributed by atoms with van der Waals surface area (Å²) in [6.07, 6.45) is -3.85. The lowest BCUT2D eigenvalue weighted by Gasteiger charge is -2.23. The minimum Gasteiger partial charge on any atom is -0.337 e. The number of hydrogen-bond donors (Lipinski definition) is 1. The lowest BCUT2D eigenvalue weighted by atomic mass is 10.1. The highest BCUT2D eigenvalue weighted by Gasteiger charge is 2.31. The van der Waals surface area contributed by atoms with Gasteiger partial charge in [-0.3, -0.25) is 9.59 Å². The average Bonchev–Trinajstić information content (AvgIpc) is 2.93. The van der Waals surface area contributed by atoms with E-state index in [9.17, 15) is 22.8 Å². The van der Waals surface area contributed by atoms with Crippen molar-refractivity contribution in [1.82, 2.24) is 9.80 Å². The van der Waals surface area contributed by atoms with Crippen LogP contribution in [0.15, 0.2) is 53.4 Å². The van der Waals surface area contributed by atoms with E-state index in [2.05, 4.69) is 12.6 Å². The molecular formula is C20H19F3N2O2S. The summed E-state index contributed by atoms with van der Waals surface area (Å²) < 4.78 is 38.0. The third-order valence-electron chi connectivity index (χ3n) is 4.66. The molecule has 1 aliphatic heterocycles. The number of halogens is 3. The number of carbonyl (C=O) groups excluding carboxylic acids is 2. The summed E-state index contributed by atoms with van der Waals surface area (Å²) in [5.74, 6) is -0.480. The molecule has 2 aromatic rings. The normalized spacial score (nSPS) is 15.3. The summed E-state index contributed by atoms with van der Waals surface area (Å²) in [5.41, 5.74) is -0.0797. The van der Waals surface area contributed by atoms with Gasteiger partial charge in [0.2, 0.25) is 0 Å². The van der Waals surface area contributed by atoms with Gasteiger partial charge in [-0.2, -0.15) is 13.2 Å². The molecule has 3 rings (SSSR count). The second-order valence-electron chi connectivity index (χ2n) is 6.53. The zero-order valence-corrected chi connectivity index (χ0v) is 15.8. The van der Waals surface area contributed by atoms with E-state index in [1.807, 2.05) is 0 Å². The van der Waals surface area contributed by atoms with Crippen molar-refractivity contribution in [2.75, 3.05) is 26.2 Å². The second-order valence-corrected chi connectivity index (χ2v) is 7.01. The molecule has 0 aliphatic carbocycles. The van der Waals surface area contributed by atoms with Crippen molar-refractivity contribution < 1.29 is 22.8 Å². The predicted molar refractivity (Wildman–Crippen MR) is 102 cm³/mol. The van der Waals surface area contributed by atoms with Gasteiger partial charge >= 0.3 is 6.18 Å². The third-order valence-corrected chi connectivity index (χ3v) is 5.05. The zero-order chi connectivity index (χ0) is 20.3. The highest BCUT2D eigenvalue weighted by atomic mass is 32.1. The Balaban J connectivity index is 1.67. The van der Waals surface area contributed by atoms with Gasteiger partial charge in [0.15, 0.2) is 0 Å². The van der Waals surface area contributed by atoms with Crippen LogP contribution in [0, 0.1) is 0 Å². The van der Waals surface area contributed by atoms with Crippen LogP contribution in [0.4, 0.5) is 13.2 Å². The molecule has 0 N–H and O–H groups in total. The first-order valence-electron chi connectivity index (χ1n) is 8.81. The van der Waals surface area contributed by atoms with Crippen LogP contribution in [0.1, 0.15) is 32.7 Å². The van der Waals surface area contributed by atoms with Gasteiger partial charge in [0.1, 0.15) is 0 Å². The fraction of sp³-hybridized carbons (Fsp3) is 0.300. The van der Waals surface area contributed by atoms with E-state index in [-0.39, 0.29) is 17.4 Å². The highest BCUT2D eigenvalue weighted by Crippen LogP contribution is 2.29. The van der Waals surface area contributed by atoms with E-state index in [0.717, 1.165) is 12.1 Å². The number of amides is 2. The molecule has 0 aromatic heterocycles. The van der Waals surface area contributed by atoms with E-state index < -0.39 is 11.7 Å². The zero-order valence-electron chi connectivity index (χ0n) is 14.9. The van der Waals surface area contributed by atoms with E-state index >= 15 is 0 Å². The van der Waals surface area contributed by atoms with Gasteiger partial charge in [-0.25, -0.2) is 0 Å². The van der Waals surface area contributed by atoms with Crippen LogP contribution in [-0.4, -0.2) is 47.8 Å². The minimum absolute atomic E-state index is 0.144. The van der Waals surface area contributed by atoms with Crippen LogP contribution < -0.4 is 0 Å². The molecule has 1 saturated heterocycles. The Morgan fingerprint density at radius 3 is 1.96 bits per heavy atom. The van der Waals surface area contributed by atoms with Crippen molar-refractivity contribution in [3.8, 4) is 0 Å². The maximum atomic E-state index is 12.7. The number of rotatable bonds is 2. The van der Waals surface area contributed by atoms with Crippen molar-refractivity contribution in [2.45, 2.75) is 17.5 Å². The Bertz CT molecular complexity index is 868. The van der Waals surface area contributed by atoms with Crippen molar-refractivity contribution in [2.24, 2.45) is 0 Å². The van der Waals surface area contributed by atoms with Crippen LogP contribution in [0.25, 0.3) is 0 Å². The van der Waals surface area contributed by atoms with Gasteiger partial charge in [0.25, 0.3) is 11.8 Å². The molecule has 0 unspecified atom stereocenters. The molecule has 4 nitrogen and oxygen atoms in total. The van der Waals surface area contributed by atoms with Crippen molar-refractivity contribution in [3.05, 3.63) is 65.2 Å².